The van der Waals surface area contributed by atoms with E-state index in [9.17, 15) is 18.0 Å². The lowest BCUT2D eigenvalue weighted by Crippen LogP contribution is -2.30. The van der Waals surface area contributed by atoms with Crippen molar-refractivity contribution < 1.29 is 22.7 Å². The van der Waals surface area contributed by atoms with Crippen molar-refractivity contribution in [1.82, 2.24) is 0 Å². The predicted molar refractivity (Wildman–Crippen MR) is 97.8 cm³/mol. The van der Waals surface area contributed by atoms with E-state index in [1.165, 1.54) is 43.3 Å². The Bertz CT molecular complexity index is 925. The van der Waals surface area contributed by atoms with Crippen LogP contribution in [-0.2, 0) is 19.6 Å². The van der Waals surface area contributed by atoms with E-state index >= 15 is 0 Å². The first-order valence-electron chi connectivity index (χ1n) is 7.18. The van der Waals surface area contributed by atoms with Gasteiger partial charge in [-0.25, -0.2) is 18.4 Å². The Morgan fingerprint density at radius 3 is 2.12 bits per heavy atom. The first-order chi connectivity index (χ1) is 12.1. The molecular weight excluding hydrogens is 403 g/mol. The van der Waals surface area contributed by atoms with Crippen LogP contribution in [0, 0.1) is 0 Å². The molecule has 26 heavy (non-hydrogen) atoms. The average molecular weight is 417 g/mol. The lowest BCUT2D eigenvalue weighted by molar-refractivity contribution is -0.123. The molecule has 0 bridgehead atoms. The van der Waals surface area contributed by atoms with Crippen LogP contribution in [0.1, 0.15) is 17.3 Å². The molecule has 1 atom stereocenters. The molecule has 7 nitrogen and oxygen atoms in total. The van der Waals surface area contributed by atoms with Gasteiger partial charge in [-0.05, 0) is 43.3 Å². The number of esters is 1. The number of halogens is 2. The minimum absolute atomic E-state index is 0.0343. The van der Waals surface area contributed by atoms with Crippen LogP contribution in [0.4, 0.5) is 5.69 Å². The summed E-state index contributed by atoms with van der Waals surface area (Å²) in [5.41, 5.74) is 0.272. The Hall–Kier alpha value is -2.13. The molecule has 0 unspecified atom stereocenters. The molecule has 3 N–H and O–H groups in total. The van der Waals surface area contributed by atoms with Gasteiger partial charge >= 0.3 is 5.97 Å². The Morgan fingerprint density at radius 2 is 1.62 bits per heavy atom. The average Bonchev–Trinajstić information content (AvgIpc) is 2.54. The van der Waals surface area contributed by atoms with Gasteiger partial charge in [0.15, 0.2) is 6.10 Å². The van der Waals surface area contributed by atoms with E-state index < -0.39 is 28.0 Å². The molecule has 0 aromatic heterocycles. The number of nitrogens with two attached hydrogens (primary N) is 1. The monoisotopic (exact) mass is 416 g/mol. The maximum atomic E-state index is 12.2. The normalized spacial score (nSPS) is 12.3. The Morgan fingerprint density at radius 1 is 1.08 bits per heavy atom. The van der Waals surface area contributed by atoms with E-state index in [1.54, 1.807) is 6.07 Å². The van der Waals surface area contributed by atoms with E-state index in [1.807, 2.05) is 0 Å². The molecule has 0 saturated carbocycles. The maximum absolute atomic E-state index is 12.2. The standard InChI is InChI=1S/C16H14Cl2N2O5S/c1-9(25-16(22)14-12(17)3-2-4-13(14)18)15(21)20-10-5-7-11(8-6-10)26(19,23)24/h2-9H,1H3,(H,20,21)(H2,19,23,24)/t9-/m0/s1. The van der Waals surface area contributed by atoms with Crippen molar-refractivity contribution in [2.24, 2.45) is 5.14 Å². The summed E-state index contributed by atoms with van der Waals surface area (Å²) < 4.78 is 27.5. The van der Waals surface area contributed by atoms with Crippen molar-refractivity contribution in [3.63, 3.8) is 0 Å². The second-order valence-corrected chi connectivity index (χ2v) is 7.58. The number of hydrogen-bond acceptors (Lipinski definition) is 5. The van der Waals surface area contributed by atoms with E-state index in [0.29, 0.717) is 5.69 Å². The number of hydrogen-bond donors (Lipinski definition) is 2. The molecule has 138 valence electrons. The fourth-order valence-corrected chi connectivity index (χ4v) is 3.00. The van der Waals surface area contributed by atoms with E-state index in [0.717, 1.165) is 0 Å². The van der Waals surface area contributed by atoms with Gasteiger partial charge in [-0.15, -0.1) is 0 Å². The first kappa shape index (κ1) is 20.2. The maximum Gasteiger partial charge on any atom is 0.341 e. The molecule has 2 rings (SSSR count). The molecule has 0 radical (unpaired) electrons. The van der Waals surface area contributed by atoms with E-state index in [4.69, 9.17) is 33.1 Å². The van der Waals surface area contributed by atoms with Gasteiger partial charge in [-0.3, -0.25) is 4.79 Å². The number of amides is 1. The summed E-state index contributed by atoms with van der Waals surface area (Å²) in [6, 6.07) is 9.72. The van der Waals surface area contributed by atoms with Crippen LogP contribution in [0.3, 0.4) is 0 Å². The quantitative estimate of drug-likeness (QED) is 0.726. The minimum atomic E-state index is -3.83. The van der Waals surface area contributed by atoms with Crippen molar-refractivity contribution in [3.8, 4) is 0 Å². The van der Waals surface area contributed by atoms with Crippen LogP contribution in [0.25, 0.3) is 0 Å². The number of nitrogens with one attached hydrogen (secondary N) is 1. The molecule has 0 aliphatic rings. The van der Waals surface area contributed by atoms with Crippen LogP contribution < -0.4 is 10.5 Å². The van der Waals surface area contributed by atoms with Crippen LogP contribution in [0.5, 0.6) is 0 Å². The van der Waals surface area contributed by atoms with Gasteiger partial charge in [0.2, 0.25) is 10.0 Å². The summed E-state index contributed by atoms with van der Waals surface area (Å²) in [6.07, 6.45) is -1.15. The van der Waals surface area contributed by atoms with Gasteiger partial charge in [0.1, 0.15) is 0 Å². The molecule has 0 heterocycles. The van der Waals surface area contributed by atoms with Crippen molar-refractivity contribution in [3.05, 3.63) is 58.1 Å². The third-order valence-electron chi connectivity index (χ3n) is 3.27. The van der Waals surface area contributed by atoms with Crippen molar-refractivity contribution in [2.45, 2.75) is 17.9 Å². The van der Waals surface area contributed by atoms with Crippen molar-refractivity contribution in [1.29, 1.82) is 0 Å². The van der Waals surface area contributed by atoms with Gasteiger partial charge in [-0.1, -0.05) is 29.3 Å². The SMILES string of the molecule is C[C@H](OC(=O)c1c(Cl)cccc1Cl)C(=O)Nc1ccc(S(N)(=O)=O)cc1. The van der Waals surface area contributed by atoms with Crippen LogP contribution in [-0.4, -0.2) is 26.4 Å². The summed E-state index contributed by atoms with van der Waals surface area (Å²) >= 11 is 11.8. The molecule has 0 aliphatic heterocycles. The van der Waals surface area contributed by atoms with Gasteiger partial charge in [0.05, 0.1) is 20.5 Å². The first-order valence-corrected chi connectivity index (χ1v) is 9.48. The highest BCUT2D eigenvalue weighted by atomic mass is 35.5. The van der Waals surface area contributed by atoms with Gasteiger partial charge in [0, 0.05) is 5.69 Å². The highest BCUT2D eigenvalue weighted by Crippen LogP contribution is 2.25. The smallest absolute Gasteiger partial charge is 0.341 e. The molecule has 0 fully saturated rings. The molecule has 0 aliphatic carbocycles. The van der Waals surface area contributed by atoms with Crippen LogP contribution in [0.2, 0.25) is 10.0 Å². The summed E-state index contributed by atoms with van der Waals surface area (Å²) in [7, 11) is -3.83. The number of rotatable bonds is 5. The molecule has 2 aromatic rings. The number of carbonyl (C=O) groups is 2. The third-order valence-corrected chi connectivity index (χ3v) is 4.83. The number of sulfonamides is 1. The number of carbonyl (C=O) groups excluding carboxylic acids is 2. The Kier molecular flexibility index (Phi) is 6.25. The molecular formula is C16H14Cl2N2O5S. The highest BCUT2D eigenvalue weighted by molar-refractivity contribution is 7.89. The predicted octanol–water partition coefficient (Wildman–Crippen LogP) is 2.82. The van der Waals surface area contributed by atoms with Crippen LogP contribution in [0.15, 0.2) is 47.4 Å². The van der Waals surface area contributed by atoms with E-state index in [2.05, 4.69) is 5.32 Å². The fourth-order valence-electron chi connectivity index (χ4n) is 1.94. The molecule has 1 amide bonds. The number of anilines is 1. The molecule has 0 saturated heterocycles. The minimum Gasteiger partial charge on any atom is -0.449 e. The Labute approximate surface area is 160 Å². The molecule has 10 heteroatoms. The fraction of sp³-hybridized carbons (Fsp3) is 0.125. The summed E-state index contributed by atoms with van der Waals surface area (Å²) in [4.78, 5) is 24.2. The topological polar surface area (TPSA) is 116 Å². The molecule has 2 aromatic carbocycles. The second-order valence-electron chi connectivity index (χ2n) is 5.20. The van der Waals surface area contributed by atoms with Crippen molar-refractivity contribution in [2.75, 3.05) is 5.32 Å². The highest BCUT2D eigenvalue weighted by Gasteiger charge is 2.22. The van der Waals surface area contributed by atoms with Gasteiger partial charge in [0.25, 0.3) is 5.91 Å². The zero-order valence-corrected chi connectivity index (χ0v) is 15.7. The lowest BCUT2D eigenvalue weighted by atomic mass is 10.2. The lowest BCUT2D eigenvalue weighted by Gasteiger charge is -2.14. The number of primary sulfonamides is 1. The largest absolute Gasteiger partial charge is 0.449 e. The van der Waals surface area contributed by atoms with Crippen molar-refractivity contribution >= 4 is 50.8 Å². The van der Waals surface area contributed by atoms with E-state index in [-0.39, 0.29) is 20.5 Å². The van der Waals surface area contributed by atoms with Gasteiger partial charge in [-0.2, -0.15) is 0 Å². The summed E-state index contributed by atoms with van der Waals surface area (Å²) in [5.74, 6) is -1.46. The zero-order valence-electron chi connectivity index (χ0n) is 13.4. The number of benzene rings is 2. The second kappa shape index (κ2) is 8.05. The van der Waals surface area contributed by atoms with Gasteiger partial charge < -0.3 is 10.1 Å². The van der Waals surface area contributed by atoms with Crippen LogP contribution >= 0.6 is 23.2 Å². The molecule has 0 spiro atoms. The summed E-state index contributed by atoms with van der Waals surface area (Å²) in [5, 5.41) is 7.70. The third kappa shape index (κ3) is 4.95. The zero-order chi connectivity index (χ0) is 19.5. The Balaban J connectivity index is 2.05. The number of ether oxygens (including phenoxy) is 1. The summed E-state index contributed by atoms with van der Waals surface area (Å²) in [6.45, 7) is 1.37.